The summed E-state index contributed by atoms with van der Waals surface area (Å²) in [5.41, 5.74) is 1.15. The summed E-state index contributed by atoms with van der Waals surface area (Å²) < 4.78 is 0. The second-order valence-corrected chi connectivity index (χ2v) is 8.20. The van der Waals surface area contributed by atoms with Gasteiger partial charge in [-0.05, 0) is 61.0 Å². The van der Waals surface area contributed by atoms with Gasteiger partial charge >= 0.3 is 0 Å². The van der Waals surface area contributed by atoms with Crippen LogP contribution >= 0.6 is 46.9 Å². The van der Waals surface area contributed by atoms with E-state index in [1.54, 1.807) is 0 Å². The zero-order valence-electron chi connectivity index (χ0n) is 15.7. The number of aliphatic imine (C=N–C) groups is 1. The molecule has 1 fully saturated rings. The van der Waals surface area contributed by atoms with E-state index in [9.17, 15) is 0 Å². The molecule has 2 heterocycles. The van der Waals surface area contributed by atoms with E-state index in [1.807, 2.05) is 36.6 Å². The highest BCUT2D eigenvalue weighted by Gasteiger charge is 2.19. The van der Waals surface area contributed by atoms with Crippen LogP contribution in [-0.2, 0) is 13.1 Å². The SMILES string of the molecule is CN=C(NCc1cccc(Cl)c1)NCC1CCN(Cc2cccs2)CC1.I. The second-order valence-electron chi connectivity index (χ2n) is 6.74. The largest absolute Gasteiger partial charge is 0.356 e. The van der Waals surface area contributed by atoms with Gasteiger partial charge in [-0.3, -0.25) is 9.89 Å². The van der Waals surface area contributed by atoms with Gasteiger partial charge in [-0.15, -0.1) is 35.3 Å². The lowest BCUT2D eigenvalue weighted by Crippen LogP contribution is -2.42. The molecule has 1 saturated heterocycles. The maximum absolute atomic E-state index is 6.04. The Labute approximate surface area is 188 Å². The second kappa shape index (κ2) is 11.9. The molecule has 3 rings (SSSR count). The summed E-state index contributed by atoms with van der Waals surface area (Å²) in [4.78, 5) is 8.36. The van der Waals surface area contributed by atoms with Crippen LogP contribution in [0.3, 0.4) is 0 Å². The first kappa shape index (κ1) is 22.5. The third-order valence-electron chi connectivity index (χ3n) is 4.80. The Morgan fingerprint density at radius 1 is 1.22 bits per heavy atom. The molecular weight excluding hydrogens is 491 g/mol. The molecule has 0 amide bonds. The van der Waals surface area contributed by atoms with Crippen LogP contribution in [0.2, 0.25) is 5.02 Å². The number of benzene rings is 1. The average Bonchev–Trinajstić information content (AvgIpc) is 3.16. The van der Waals surface area contributed by atoms with Gasteiger partial charge in [-0.2, -0.15) is 0 Å². The molecule has 0 atom stereocenters. The summed E-state index contributed by atoms with van der Waals surface area (Å²) in [5, 5.41) is 9.76. The number of halogens is 2. The third-order valence-corrected chi connectivity index (χ3v) is 5.89. The first-order chi connectivity index (χ1) is 12.7. The van der Waals surface area contributed by atoms with Gasteiger partial charge in [0, 0.05) is 36.6 Å². The van der Waals surface area contributed by atoms with Crippen molar-refractivity contribution < 1.29 is 0 Å². The molecule has 2 aromatic rings. The zero-order valence-corrected chi connectivity index (χ0v) is 19.6. The average molecular weight is 519 g/mol. The monoisotopic (exact) mass is 518 g/mol. The van der Waals surface area contributed by atoms with Crippen LogP contribution in [0.15, 0.2) is 46.8 Å². The van der Waals surface area contributed by atoms with Crippen molar-refractivity contribution in [1.82, 2.24) is 15.5 Å². The fourth-order valence-electron chi connectivity index (χ4n) is 3.27. The fraction of sp³-hybridized carbons (Fsp3) is 0.450. The van der Waals surface area contributed by atoms with Crippen molar-refractivity contribution in [3.63, 3.8) is 0 Å². The van der Waals surface area contributed by atoms with E-state index in [1.165, 1.54) is 30.8 Å². The number of likely N-dealkylation sites (tertiary alicyclic amines) is 1. The van der Waals surface area contributed by atoms with E-state index in [0.29, 0.717) is 5.92 Å². The summed E-state index contributed by atoms with van der Waals surface area (Å²) in [6.45, 7) is 5.15. The molecule has 0 spiro atoms. The van der Waals surface area contributed by atoms with Gasteiger partial charge in [-0.25, -0.2) is 0 Å². The van der Waals surface area contributed by atoms with Crippen LogP contribution in [0, 0.1) is 5.92 Å². The van der Waals surface area contributed by atoms with Crippen LogP contribution in [0.4, 0.5) is 0 Å². The van der Waals surface area contributed by atoms with Crippen LogP contribution in [-0.4, -0.2) is 37.5 Å². The Morgan fingerprint density at radius 2 is 2.04 bits per heavy atom. The normalized spacial score (nSPS) is 16.0. The lowest BCUT2D eigenvalue weighted by atomic mass is 9.97. The van der Waals surface area contributed by atoms with E-state index in [2.05, 4.69) is 44.1 Å². The van der Waals surface area contributed by atoms with Gasteiger partial charge in [0.1, 0.15) is 0 Å². The van der Waals surface area contributed by atoms with Crippen molar-refractivity contribution in [3.8, 4) is 0 Å². The van der Waals surface area contributed by atoms with E-state index in [-0.39, 0.29) is 24.0 Å². The first-order valence-electron chi connectivity index (χ1n) is 9.16. The maximum Gasteiger partial charge on any atom is 0.191 e. The number of hydrogen-bond donors (Lipinski definition) is 2. The summed E-state index contributed by atoms with van der Waals surface area (Å²) in [6.07, 6.45) is 2.48. The Bertz CT molecular complexity index is 700. The highest BCUT2D eigenvalue weighted by molar-refractivity contribution is 14.0. The summed E-state index contributed by atoms with van der Waals surface area (Å²) >= 11 is 7.89. The lowest BCUT2D eigenvalue weighted by Gasteiger charge is -2.32. The molecule has 4 nitrogen and oxygen atoms in total. The molecule has 0 saturated carbocycles. The van der Waals surface area contributed by atoms with E-state index in [0.717, 1.165) is 36.2 Å². The van der Waals surface area contributed by atoms with Crippen molar-refractivity contribution in [2.24, 2.45) is 10.9 Å². The van der Waals surface area contributed by atoms with Gasteiger partial charge < -0.3 is 10.6 Å². The molecule has 1 aromatic carbocycles. The molecule has 0 radical (unpaired) electrons. The van der Waals surface area contributed by atoms with Crippen LogP contribution in [0.25, 0.3) is 0 Å². The number of nitrogens with one attached hydrogen (secondary N) is 2. The highest BCUT2D eigenvalue weighted by Crippen LogP contribution is 2.20. The zero-order chi connectivity index (χ0) is 18.2. The maximum atomic E-state index is 6.04. The first-order valence-corrected chi connectivity index (χ1v) is 10.4. The lowest BCUT2D eigenvalue weighted by molar-refractivity contribution is 0.179. The van der Waals surface area contributed by atoms with Gasteiger partial charge in [0.2, 0.25) is 0 Å². The number of nitrogens with zero attached hydrogens (tertiary/aromatic N) is 2. The smallest absolute Gasteiger partial charge is 0.191 e. The molecule has 1 aliphatic rings. The molecule has 1 aliphatic heterocycles. The Hall–Kier alpha value is -0.830. The molecule has 7 heteroatoms. The fourth-order valence-corrected chi connectivity index (χ4v) is 4.23. The standard InChI is InChI=1S/C20H27ClN4S.HI/c1-22-20(24-14-17-4-2-5-18(21)12-17)23-13-16-7-9-25(10-8-16)15-19-6-3-11-26-19;/h2-6,11-12,16H,7-10,13-15H2,1H3,(H2,22,23,24);1H. The minimum Gasteiger partial charge on any atom is -0.356 e. The molecular formula is C20H28ClIN4S. The highest BCUT2D eigenvalue weighted by atomic mass is 127. The number of hydrogen-bond acceptors (Lipinski definition) is 3. The van der Waals surface area contributed by atoms with Crippen molar-refractivity contribution in [2.75, 3.05) is 26.7 Å². The number of guanidine groups is 1. The van der Waals surface area contributed by atoms with Crippen molar-refractivity contribution in [1.29, 1.82) is 0 Å². The van der Waals surface area contributed by atoms with Gasteiger partial charge in [0.25, 0.3) is 0 Å². The van der Waals surface area contributed by atoms with Crippen LogP contribution < -0.4 is 10.6 Å². The molecule has 27 heavy (non-hydrogen) atoms. The van der Waals surface area contributed by atoms with Gasteiger partial charge in [-0.1, -0.05) is 29.8 Å². The predicted molar refractivity (Wildman–Crippen MR) is 127 cm³/mol. The number of rotatable bonds is 6. The van der Waals surface area contributed by atoms with Gasteiger partial charge in [0.15, 0.2) is 5.96 Å². The number of piperidine rings is 1. The van der Waals surface area contributed by atoms with E-state index < -0.39 is 0 Å². The minimum absolute atomic E-state index is 0. The molecule has 2 N–H and O–H groups in total. The minimum atomic E-state index is 0. The Balaban J connectivity index is 0.00000261. The quantitative estimate of drug-likeness (QED) is 0.334. The number of thiophene rings is 1. The Morgan fingerprint density at radius 3 is 2.70 bits per heavy atom. The topological polar surface area (TPSA) is 39.7 Å². The molecule has 0 aliphatic carbocycles. The predicted octanol–water partition coefficient (Wildman–Crippen LogP) is 4.60. The van der Waals surface area contributed by atoms with Crippen LogP contribution in [0.1, 0.15) is 23.3 Å². The third kappa shape index (κ3) is 7.60. The van der Waals surface area contributed by atoms with E-state index >= 15 is 0 Å². The summed E-state index contributed by atoms with van der Waals surface area (Å²) in [6, 6.07) is 12.3. The summed E-state index contributed by atoms with van der Waals surface area (Å²) in [5.74, 6) is 1.56. The van der Waals surface area contributed by atoms with Gasteiger partial charge in [0.05, 0.1) is 0 Å². The molecule has 0 unspecified atom stereocenters. The van der Waals surface area contributed by atoms with Crippen LogP contribution in [0.5, 0.6) is 0 Å². The van der Waals surface area contributed by atoms with Crippen molar-refractivity contribution in [3.05, 3.63) is 57.2 Å². The molecule has 1 aromatic heterocycles. The van der Waals surface area contributed by atoms with Crippen molar-refractivity contribution >= 4 is 52.9 Å². The Kier molecular flexibility index (Phi) is 9.89. The van der Waals surface area contributed by atoms with E-state index in [4.69, 9.17) is 11.6 Å². The van der Waals surface area contributed by atoms with Crippen molar-refractivity contribution in [2.45, 2.75) is 25.9 Å². The summed E-state index contributed by atoms with van der Waals surface area (Å²) in [7, 11) is 1.82. The molecule has 148 valence electrons. The molecule has 0 bridgehead atoms.